The molecule has 0 N–H and O–H groups in total. The lowest BCUT2D eigenvalue weighted by atomic mass is 10.1. The first-order chi connectivity index (χ1) is 12.6. The molecule has 0 aliphatic rings. The van der Waals surface area contributed by atoms with E-state index in [4.69, 9.17) is 0 Å². The number of nitrogens with zero attached hydrogens (tertiary/aromatic N) is 5. The van der Waals surface area contributed by atoms with Crippen molar-refractivity contribution in [1.29, 1.82) is 0 Å². The van der Waals surface area contributed by atoms with Gasteiger partial charge in [-0.15, -0.1) is 29.6 Å². The van der Waals surface area contributed by atoms with E-state index in [1.54, 1.807) is 39.1 Å². The van der Waals surface area contributed by atoms with Crippen LogP contribution in [0.4, 0.5) is 0 Å². The molecule has 0 saturated carbocycles. The highest BCUT2D eigenvalue weighted by Crippen LogP contribution is 2.30. The molecule has 2 aromatic heterocycles. The van der Waals surface area contributed by atoms with Crippen LogP contribution in [0, 0.1) is 6.92 Å². The number of rotatable bonds is 7. The molecule has 0 aliphatic heterocycles. The van der Waals surface area contributed by atoms with Crippen LogP contribution in [-0.4, -0.2) is 44.1 Å². The molecular weight excluding hydrogens is 346 g/mol. The van der Waals surface area contributed by atoms with Gasteiger partial charge in [0.05, 0.1) is 5.69 Å². The zero-order valence-corrected chi connectivity index (χ0v) is 15.3. The number of hydrogen-bond acceptors (Lipinski definition) is 5. The van der Waals surface area contributed by atoms with Gasteiger partial charge in [0.15, 0.2) is 0 Å². The number of tetrazole rings is 1. The van der Waals surface area contributed by atoms with Crippen molar-refractivity contribution in [3.63, 3.8) is 0 Å². The lowest BCUT2D eigenvalue weighted by Crippen LogP contribution is -2.31. The van der Waals surface area contributed by atoms with Crippen molar-refractivity contribution in [1.82, 2.24) is 25.1 Å². The van der Waals surface area contributed by atoms with Gasteiger partial charge in [0, 0.05) is 28.4 Å². The van der Waals surface area contributed by atoms with Gasteiger partial charge in [0.1, 0.15) is 6.33 Å². The predicted molar refractivity (Wildman–Crippen MR) is 104 cm³/mol. The van der Waals surface area contributed by atoms with Crippen LogP contribution in [0.2, 0.25) is 0 Å². The lowest BCUT2D eigenvalue weighted by molar-refractivity contribution is 0.0791. The molecule has 0 saturated heterocycles. The Kier molecular flexibility index (Phi) is 5.38. The minimum absolute atomic E-state index is 0.0887. The second kappa shape index (κ2) is 7.88. The van der Waals surface area contributed by atoms with Crippen molar-refractivity contribution >= 4 is 17.2 Å². The normalized spacial score (nSPS) is 10.5. The molecule has 0 atom stereocenters. The third-order valence-electron chi connectivity index (χ3n) is 3.79. The molecule has 0 spiro atoms. The maximum atomic E-state index is 13.0. The average molecular weight is 365 g/mol. The van der Waals surface area contributed by atoms with E-state index in [1.165, 1.54) is 11.2 Å². The van der Waals surface area contributed by atoms with E-state index in [2.05, 4.69) is 47.7 Å². The molecule has 132 valence electrons. The van der Waals surface area contributed by atoms with Gasteiger partial charge < -0.3 is 4.90 Å². The average Bonchev–Trinajstić information content (AvgIpc) is 3.32. The first kappa shape index (κ1) is 17.8. The first-order valence-electron chi connectivity index (χ1n) is 8.08. The largest absolute Gasteiger partial charge is 0.331 e. The predicted octanol–water partition coefficient (Wildman–Crippen LogP) is 3.51. The molecule has 2 heterocycles. The van der Waals surface area contributed by atoms with E-state index in [0.717, 1.165) is 16.1 Å². The van der Waals surface area contributed by atoms with Crippen LogP contribution in [0.15, 0.2) is 62.0 Å². The van der Waals surface area contributed by atoms with Crippen LogP contribution in [0.1, 0.15) is 15.2 Å². The molecule has 7 heteroatoms. The Morgan fingerprint density at radius 3 is 2.58 bits per heavy atom. The molecule has 3 aromatic rings. The highest BCUT2D eigenvalue weighted by molar-refractivity contribution is 7.15. The molecule has 0 fully saturated rings. The van der Waals surface area contributed by atoms with E-state index in [9.17, 15) is 4.79 Å². The van der Waals surface area contributed by atoms with Crippen molar-refractivity contribution in [3.05, 3.63) is 72.4 Å². The SMILES string of the molecule is C=CCN(CC=C)C(=O)c1cc(-c2ccc(C)s2)cc(-n2cnnn2)c1. The topological polar surface area (TPSA) is 63.9 Å². The number of hydrogen-bond donors (Lipinski definition) is 0. The quantitative estimate of drug-likeness (QED) is 0.601. The van der Waals surface area contributed by atoms with E-state index in [0.29, 0.717) is 18.7 Å². The van der Waals surface area contributed by atoms with Crippen LogP contribution in [0.5, 0.6) is 0 Å². The second-order valence-electron chi connectivity index (χ2n) is 5.72. The summed E-state index contributed by atoms with van der Waals surface area (Å²) >= 11 is 1.68. The fraction of sp³-hybridized carbons (Fsp3) is 0.158. The number of carbonyl (C=O) groups excluding carboxylic acids is 1. The van der Waals surface area contributed by atoms with E-state index < -0.39 is 0 Å². The summed E-state index contributed by atoms with van der Waals surface area (Å²) < 4.78 is 1.55. The maximum Gasteiger partial charge on any atom is 0.254 e. The van der Waals surface area contributed by atoms with Crippen LogP contribution in [0.25, 0.3) is 16.1 Å². The van der Waals surface area contributed by atoms with Crippen molar-refractivity contribution in [2.24, 2.45) is 0 Å². The third kappa shape index (κ3) is 3.78. The summed E-state index contributed by atoms with van der Waals surface area (Å²) in [4.78, 5) is 17.0. The van der Waals surface area contributed by atoms with Crippen LogP contribution in [-0.2, 0) is 0 Å². The zero-order valence-electron chi connectivity index (χ0n) is 14.5. The third-order valence-corrected chi connectivity index (χ3v) is 4.84. The Bertz CT molecular complexity index is 919. The summed E-state index contributed by atoms with van der Waals surface area (Å²) in [5.74, 6) is -0.0887. The van der Waals surface area contributed by atoms with Crippen molar-refractivity contribution in [2.75, 3.05) is 13.1 Å². The van der Waals surface area contributed by atoms with E-state index in [-0.39, 0.29) is 5.91 Å². The van der Waals surface area contributed by atoms with Crippen LogP contribution >= 0.6 is 11.3 Å². The lowest BCUT2D eigenvalue weighted by Gasteiger charge is -2.20. The smallest absolute Gasteiger partial charge is 0.254 e. The number of aryl methyl sites for hydroxylation is 1. The highest BCUT2D eigenvalue weighted by Gasteiger charge is 2.17. The summed E-state index contributed by atoms with van der Waals surface area (Å²) in [5, 5.41) is 11.3. The van der Waals surface area contributed by atoms with Gasteiger partial charge >= 0.3 is 0 Å². The fourth-order valence-corrected chi connectivity index (χ4v) is 3.47. The molecule has 6 nitrogen and oxygen atoms in total. The van der Waals surface area contributed by atoms with E-state index >= 15 is 0 Å². The van der Waals surface area contributed by atoms with Gasteiger partial charge in [-0.25, -0.2) is 4.68 Å². The maximum absolute atomic E-state index is 13.0. The fourth-order valence-electron chi connectivity index (χ4n) is 2.61. The zero-order chi connectivity index (χ0) is 18.5. The summed E-state index contributed by atoms with van der Waals surface area (Å²) in [6, 6.07) is 9.79. The van der Waals surface area contributed by atoms with Gasteiger partial charge in [-0.2, -0.15) is 0 Å². The standard InChI is InChI=1S/C19H19N5OS/c1-4-8-23(9-5-2)19(25)16-10-15(18-7-6-14(3)26-18)11-17(12-16)24-13-20-21-22-24/h4-7,10-13H,1-2,8-9H2,3H3. The molecule has 1 amide bonds. The Balaban J connectivity index is 2.08. The van der Waals surface area contributed by atoms with Crippen LogP contribution < -0.4 is 0 Å². The molecule has 1 aromatic carbocycles. The Morgan fingerprint density at radius 1 is 1.23 bits per heavy atom. The number of carbonyl (C=O) groups is 1. The number of amides is 1. The summed E-state index contributed by atoms with van der Waals surface area (Å²) in [6.45, 7) is 10.4. The van der Waals surface area contributed by atoms with Gasteiger partial charge in [0.25, 0.3) is 5.91 Å². The minimum atomic E-state index is -0.0887. The number of thiophene rings is 1. The second-order valence-corrected chi connectivity index (χ2v) is 7.01. The Morgan fingerprint density at radius 2 is 2.00 bits per heavy atom. The number of benzene rings is 1. The van der Waals surface area contributed by atoms with E-state index in [1.807, 2.05) is 12.1 Å². The van der Waals surface area contributed by atoms with Crippen molar-refractivity contribution in [3.8, 4) is 16.1 Å². The molecule has 0 radical (unpaired) electrons. The monoisotopic (exact) mass is 365 g/mol. The van der Waals surface area contributed by atoms with Gasteiger partial charge in [0.2, 0.25) is 0 Å². The van der Waals surface area contributed by atoms with Crippen LogP contribution in [0.3, 0.4) is 0 Å². The number of aromatic nitrogens is 4. The van der Waals surface area contributed by atoms with Gasteiger partial charge in [-0.3, -0.25) is 4.79 Å². The summed E-state index contributed by atoms with van der Waals surface area (Å²) in [7, 11) is 0. The molecule has 3 rings (SSSR count). The minimum Gasteiger partial charge on any atom is -0.331 e. The summed E-state index contributed by atoms with van der Waals surface area (Å²) in [6.07, 6.45) is 4.92. The molecule has 0 aliphatic carbocycles. The summed E-state index contributed by atoms with van der Waals surface area (Å²) in [5.41, 5.74) is 2.26. The van der Waals surface area contributed by atoms with Crippen molar-refractivity contribution in [2.45, 2.75) is 6.92 Å². The molecule has 0 bridgehead atoms. The Labute approximate surface area is 156 Å². The molecule has 26 heavy (non-hydrogen) atoms. The van der Waals surface area contributed by atoms with Crippen molar-refractivity contribution < 1.29 is 4.79 Å². The highest BCUT2D eigenvalue weighted by atomic mass is 32.1. The van der Waals surface area contributed by atoms with Gasteiger partial charge in [-0.05, 0) is 53.2 Å². The van der Waals surface area contributed by atoms with Gasteiger partial charge in [-0.1, -0.05) is 12.2 Å². The Hall–Kier alpha value is -3.06. The molecular formula is C19H19N5OS. The molecule has 0 unspecified atom stereocenters. The first-order valence-corrected chi connectivity index (χ1v) is 8.90.